The molecule has 1 aliphatic rings. The Morgan fingerprint density at radius 1 is 1.57 bits per heavy atom. The summed E-state index contributed by atoms with van der Waals surface area (Å²) in [5.74, 6) is 0.549. The summed E-state index contributed by atoms with van der Waals surface area (Å²) in [6, 6.07) is 2.04. The second kappa shape index (κ2) is 4.31. The number of amides is 1. The van der Waals surface area contributed by atoms with Gasteiger partial charge >= 0.3 is 0 Å². The van der Waals surface area contributed by atoms with Crippen LogP contribution in [-0.2, 0) is 11.2 Å². The lowest BCUT2D eigenvalue weighted by atomic mass is 9.85. The minimum Gasteiger partial charge on any atom is -0.367 e. The Morgan fingerprint density at radius 3 is 3.00 bits per heavy atom. The Morgan fingerprint density at radius 2 is 2.43 bits per heavy atom. The van der Waals surface area contributed by atoms with Crippen molar-refractivity contribution in [2.24, 2.45) is 5.92 Å². The van der Waals surface area contributed by atoms with Gasteiger partial charge in [0.05, 0.1) is 0 Å². The summed E-state index contributed by atoms with van der Waals surface area (Å²) in [5, 5.41) is 2.97. The highest BCUT2D eigenvalue weighted by Gasteiger charge is 2.24. The highest BCUT2D eigenvalue weighted by Crippen LogP contribution is 2.25. The van der Waals surface area contributed by atoms with E-state index >= 15 is 0 Å². The van der Waals surface area contributed by atoms with Gasteiger partial charge in [0.25, 0.3) is 0 Å². The molecule has 1 aromatic heterocycles. The summed E-state index contributed by atoms with van der Waals surface area (Å²) in [6.45, 7) is 0.757. The number of rotatable bonds is 4. The van der Waals surface area contributed by atoms with Gasteiger partial charge in [0.15, 0.2) is 0 Å². The van der Waals surface area contributed by atoms with E-state index in [-0.39, 0.29) is 5.91 Å². The van der Waals surface area contributed by atoms with E-state index in [0.717, 1.165) is 25.8 Å². The second-order valence-corrected chi connectivity index (χ2v) is 3.89. The average molecular weight is 192 g/mol. The number of H-pyrrole nitrogens is 1. The zero-order chi connectivity index (χ0) is 9.80. The van der Waals surface area contributed by atoms with Crippen LogP contribution in [0.3, 0.4) is 0 Å². The van der Waals surface area contributed by atoms with Crippen LogP contribution in [0.25, 0.3) is 0 Å². The first-order valence-electron chi connectivity index (χ1n) is 5.25. The van der Waals surface area contributed by atoms with Gasteiger partial charge in [-0.1, -0.05) is 6.42 Å². The topological polar surface area (TPSA) is 44.9 Å². The molecule has 1 saturated carbocycles. The summed E-state index contributed by atoms with van der Waals surface area (Å²) < 4.78 is 0. The van der Waals surface area contributed by atoms with Crippen LogP contribution >= 0.6 is 0 Å². The third kappa shape index (κ3) is 2.16. The summed E-state index contributed by atoms with van der Waals surface area (Å²) in [5.41, 5.74) is 1.25. The summed E-state index contributed by atoms with van der Waals surface area (Å²) >= 11 is 0. The van der Waals surface area contributed by atoms with E-state index < -0.39 is 0 Å². The van der Waals surface area contributed by atoms with Gasteiger partial charge in [-0.15, -0.1) is 0 Å². The van der Waals surface area contributed by atoms with Crippen molar-refractivity contribution in [3.8, 4) is 0 Å². The largest absolute Gasteiger partial charge is 0.367 e. The monoisotopic (exact) mass is 192 g/mol. The van der Waals surface area contributed by atoms with Crippen LogP contribution in [0.4, 0.5) is 0 Å². The van der Waals surface area contributed by atoms with Crippen LogP contribution in [0.2, 0.25) is 0 Å². The van der Waals surface area contributed by atoms with E-state index in [1.54, 1.807) is 0 Å². The fourth-order valence-corrected chi connectivity index (χ4v) is 1.66. The molecule has 1 heterocycles. The number of carbonyl (C=O) groups excluding carboxylic acids is 1. The molecule has 0 atom stereocenters. The maximum atomic E-state index is 11.4. The molecule has 1 amide bonds. The van der Waals surface area contributed by atoms with Crippen molar-refractivity contribution in [1.29, 1.82) is 0 Å². The Labute approximate surface area is 83.9 Å². The normalized spacial score (nSPS) is 16.3. The van der Waals surface area contributed by atoms with Gasteiger partial charge in [0.1, 0.15) is 0 Å². The number of aromatic nitrogens is 1. The molecule has 0 aliphatic heterocycles. The molecule has 3 nitrogen and oxygen atoms in total. The molecule has 3 heteroatoms. The van der Waals surface area contributed by atoms with Crippen LogP contribution in [0.1, 0.15) is 24.8 Å². The van der Waals surface area contributed by atoms with Gasteiger partial charge in [-0.25, -0.2) is 0 Å². The Balaban J connectivity index is 1.65. The average Bonchev–Trinajstić information content (AvgIpc) is 2.53. The zero-order valence-corrected chi connectivity index (χ0v) is 8.25. The molecular weight excluding hydrogens is 176 g/mol. The number of hydrogen-bond donors (Lipinski definition) is 2. The van der Waals surface area contributed by atoms with Crippen LogP contribution < -0.4 is 5.32 Å². The second-order valence-electron chi connectivity index (χ2n) is 3.89. The molecule has 0 saturated heterocycles. The van der Waals surface area contributed by atoms with Crippen molar-refractivity contribution in [2.75, 3.05) is 6.54 Å². The van der Waals surface area contributed by atoms with E-state index in [0.29, 0.717) is 5.92 Å². The van der Waals surface area contributed by atoms with Crippen LogP contribution in [0.5, 0.6) is 0 Å². The first-order valence-corrected chi connectivity index (χ1v) is 5.25. The van der Waals surface area contributed by atoms with Gasteiger partial charge in [-0.05, 0) is 30.9 Å². The number of carbonyl (C=O) groups is 1. The Bertz CT molecular complexity index is 288. The molecule has 0 unspecified atom stereocenters. The number of aromatic amines is 1. The maximum Gasteiger partial charge on any atom is 0.223 e. The number of nitrogens with one attached hydrogen (secondary N) is 2. The lowest BCUT2D eigenvalue weighted by molar-refractivity contribution is -0.127. The van der Waals surface area contributed by atoms with E-state index in [1.807, 2.05) is 18.5 Å². The molecule has 76 valence electrons. The third-order valence-electron chi connectivity index (χ3n) is 2.85. The summed E-state index contributed by atoms with van der Waals surface area (Å²) in [6.07, 6.45) is 8.17. The minimum absolute atomic E-state index is 0.242. The Kier molecular flexibility index (Phi) is 2.87. The van der Waals surface area contributed by atoms with Crippen molar-refractivity contribution >= 4 is 5.91 Å². The SMILES string of the molecule is O=C(NCCc1cc[nH]c1)C1CCC1. The molecule has 0 spiro atoms. The van der Waals surface area contributed by atoms with Crippen molar-refractivity contribution in [2.45, 2.75) is 25.7 Å². The van der Waals surface area contributed by atoms with Crippen LogP contribution in [0, 0.1) is 5.92 Å². The molecule has 0 bridgehead atoms. The molecule has 1 fully saturated rings. The first-order chi connectivity index (χ1) is 6.86. The smallest absolute Gasteiger partial charge is 0.223 e. The van der Waals surface area contributed by atoms with Crippen molar-refractivity contribution in [3.63, 3.8) is 0 Å². The third-order valence-corrected chi connectivity index (χ3v) is 2.85. The van der Waals surface area contributed by atoms with Crippen molar-refractivity contribution < 1.29 is 4.79 Å². The molecule has 2 N–H and O–H groups in total. The van der Waals surface area contributed by atoms with Gasteiger partial charge < -0.3 is 10.3 Å². The highest BCUT2D eigenvalue weighted by molar-refractivity contribution is 5.79. The van der Waals surface area contributed by atoms with E-state index in [2.05, 4.69) is 10.3 Å². The van der Waals surface area contributed by atoms with Gasteiger partial charge in [-0.3, -0.25) is 4.79 Å². The van der Waals surface area contributed by atoms with E-state index in [9.17, 15) is 4.79 Å². The van der Waals surface area contributed by atoms with Gasteiger partial charge in [0.2, 0.25) is 5.91 Å². The van der Waals surface area contributed by atoms with Crippen LogP contribution in [0.15, 0.2) is 18.5 Å². The standard InChI is InChI=1S/C11H16N2O/c14-11(10-2-1-3-10)13-7-5-9-4-6-12-8-9/h4,6,8,10,12H,1-3,5,7H2,(H,13,14). The lowest BCUT2D eigenvalue weighted by Gasteiger charge is -2.23. The predicted octanol–water partition coefficient (Wildman–Crippen LogP) is 1.47. The predicted molar refractivity (Wildman–Crippen MR) is 54.8 cm³/mol. The molecule has 1 aromatic rings. The zero-order valence-electron chi connectivity index (χ0n) is 8.25. The fourth-order valence-electron chi connectivity index (χ4n) is 1.66. The quantitative estimate of drug-likeness (QED) is 0.745. The van der Waals surface area contributed by atoms with E-state index in [1.165, 1.54) is 12.0 Å². The number of hydrogen-bond acceptors (Lipinski definition) is 1. The summed E-state index contributed by atoms with van der Waals surface area (Å²) in [7, 11) is 0. The van der Waals surface area contributed by atoms with Gasteiger partial charge in [-0.2, -0.15) is 0 Å². The van der Waals surface area contributed by atoms with Gasteiger partial charge in [0, 0.05) is 24.9 Å². The van der Waals surface area contributed by atoms with Crippen molar-refractivity contribution in [3.05, 3.63) is 24.0 Å². The van der Waals surface area contributed by atoms with Crippen LogP contribution in [-0.4, -0.2) is 17.4 Å². The molecule has 14 heavy (non-hydrogen) atoms. The Hall–Kier alpha value is -1.25. The molecule has 1 aliphatic carbocycles. The summed E-state index contributed by atoms with van der Waals surface area (Å²) in [4.78, 5) is 14.4. The minimum atomic E-state index is 0.242. The molecule has 0 radical (unpaired) electrons. The molecule has 2 rings (SSSR count). The van der Waals surface area contributed by atoms with E-state index in [4.69, 9.17) is 0 Å². The molecule has 0 aromatic carbocycles. The maximum absolute atomic E-state index is 11.4. The highest BCUT2D eigenvalue weighted by atomic mass is 16.1. The lowest BCUT2D eigenvalue weighted by Crippen LogP contribution is -2.35. The van der Waals surface area contributed by atoms with Crippen molar-refractivity contribution in [1.82, 2.24) is 10.3 Å². The first kappa shape index (κ1) is 9.31. The fraction of sp³-hybridized carbons (Fsp3) is 0.545. The molecular formula is C11H16N2O.